The van der Waals surface area contributed by atoms with E-state index in [1.165, 1.54) is 0 Å². The van der Waals surface area contributed by atoms with Crippen LogP contribution in [0.15, 0.2) is 41.5 Å². The van der Waals surface area contributed by atoms with Crippen molar-refractivity contribution in [2.45, 2.75) is 46.7 Å². The topological polar surface area (TPSA) is 85.1 Å². The number of carbonyl (C=O) groups is 1. The van der Waals surface area contributed by atoms with Gasteiger partial charge in [-0.05, 0) is 44.4 Å². The average Bonchev–Trinajstić information content (AvgIpc) is 3.14. The molecular formula is C24H28N6OS. The van der Waals surface area contributed by atoms with E-state index in [1.807, 2.05) is 38.1 Å². The minimum Gasteiger partial charge on any atom is -0.350 e. The summed E-state index contributed by atoms with van der Waals surface area (Å²) in [5.41, 5.74) is 3.12. The molecule has 8 heteroatoms. The molecule has 7 nitrogen and oxygen atoms in total. The van der Waals surface area contributed by atoms with E-state index in [1.54, 1.807) is 23.6 Å². The molecule has 1 unspecified atom stereocenters. The van der Waals surface area contributed by atoms with Crippen LogP contribution in [0, 0.1) is 19.8 Å². The van der Waals surface area contributed by atoms with E-state index in [0.29, 0.717) is 31.1 Å². The van der Waals surface area contributed by atoms with Crippen LogP contribution in [0.2, 0.25) is 0 Å². The molecule has 1 aliphatic rings. The minimum atomic E-state index is -0.198. The molecule has 166 valence electrons. The quantitative estimate of drug-likeness (QED) is 0.600. The second-order valence-electron chi connectivity index (χ2n) is 7.88. The van der Waals surface area contributed by atoms with Gasteiger partial charge in [0.2, 0.25) is 0 Å². The monoisotopic (exact) mass is 448 g/mol. The molecule has 1 N–H and O–H groups in total. The van der Waals surface area contributed by atoms with E-state index >= 15 is 0 Å². The molecule has 32 heavy (non-hydrogen) atoms. The van der Waals surface area contributed by atoms with Gasteiger partial charge in [0.05, 0.1) is 17.2 Å². The third-order valence-corrected chi connectivity index (χ3v) is 6.58. The van der Waals surface area contributed by atoms with Gasteiger partial charge in [0.25, 0.3) is 5.91 Å². The standard InChI is InChI=1S/C24H28N6OS/c1-4-18-8-9-22-29-20(24(31)26-12-10-19-7-5-6-11-25-19)13-23(30(22)15-18)27-14-21-16(2)28-17(3)32-21/h5-9,11,13,18H,4,10,12,14-15H2,1-3H3,(H,26,31). The normalized spacial score (nSPS) is 15.6. The van der Waals surface area contributed by atoms with Crippen LogP contribution in [0.25, 0.3) is 6.08 Å². The van der Waals surface area contributed by atoms with Crippen LogP contribution in [0.5, 0.6) is 0 Å². The number of pyridine rings is 1. The first-order chi connectivity index (χ1) is 15.5. The van der Waals surface area contributed by atoms with E-state index in [9.17, 15) is 4.79 Å². The Hall–Kier alpha value is -3.13. The molecule has 4 rings (SSSR count). The molecule has 0 saturated heterocycles. The Balaban J connectivity index is 1.59. The van der Waals surface area contributed by atoms with Gasteiger partial charge in [-0.1, -0.05) is 19.1 Å². The SMILES string of the molecule is CCC1C=Cc2nc(C(=O)NCCc3ccccn3)cc(=NCc3sc(C)nc3C)n2C1. The van der Waals surface area contributed by atoms with Crippen LogP contribution in [0.1, 0.15) is 50.9 Å². The number of hydrogen-bond donors (Lipinski definition) is 1. The van der Waals surface area contributed by atoms with Crippen molar-refractivity contribution < 1.29 is 4.79 Å². The Morgan fingerprint density at radius 3 is 2.91 bits per heavy atom. The van der Waals surface area contributed by atoms with Gasteiger partial charge in [-0.3, -0.25) is 14.8 Å². The fourth-order valence-electron chi connectivity index (χ4n) is 3.69. The lowest BCUT2D eigenvalue weighted by Gasteiger charge is -2.21. The second-order valence-corrected chi connectivity index (χ2v) is 9.17. The van der Waals surface area contributed by atoms with Crippen molar-refractivity contribution in [1.82, 2.24) is 24.8 Å². The predicted octanol–water partition coefficient (Wildman–Crippen LogP) is 3.48. The van der Waals surface area contributed by atoms with Crippen molar-refractivity contribution in [3.63, 3.8) is 0 Å². The van der Waals surface area contributed by atoms with Crippen LogP contribution in [-0.2, 0) is 19.5 Å². The van der Waals surface area contributed by atoms with E-state index in [0.717, 1.165) is 45.6 Å². The summed E-state index contributed by atoms with van der Waals surface area (Å²) < 4.78 is 2.11. The van der Waals surface area contributed by atoms with E-state index in [2.05, 4.69) is 37.8 Å². The molecule has 0 saturated carbocycles. The third kappa shape index (κ3) is 5.19. The molecule has 0 aromatic carbocycles. The largest absolute Gasteiger partial charge is 0.350 e. The van der Waals surface area contributed by atoms with Gasteiger partial charge in [0.15, 0.2) is 0 Å². The van der Waals surface area contributed by atoms with Crippen LogP contribution in [-0.4, -0.2) is 32.0 Å². The molecule has 0 spiro atoms. The van der Waals surface area contributed by atoms with Gasteiger partial charge in [-0.2, -0.15) is 0 Å². The van der Waals surface area contributed by atoms with Gasteiger partial charge in [0, 0.05) is 42.3 Å². The van der Waals surface area contributed by atoms with Crippen molar-refractivity contribution in [1.29, 1.82) is 0 Å². The van der Waals surface area contributed by atoms with Gasteiger partial charge < -0.3 is 9.88 Å². The van der Waals surface area contributed by atoms with Crippen molar-refractivity contribution in [2.24, 2.45) is 10.9 Å². The Labute approximate surface area is 192 Å². The summed E-state index contributed by atoms with van der Waals surface area (Å²) in [5.74, 6) is 1.01. The summed E-state index contributed by atoms with van der Waals surface area (Å²) in [5, 5.41) is 4.00. The molecule has 1 aliphatic heterocycles. The summed E-state index contributed by atoms with van der Waals surface area (Å²) >= 11 is 1.67. The molecular weight excluding hydrogens is 420 g/mol. The van der Waals surface area contributed by atoms with Crippen molar-refractivity contribution in [3.8, 4) is 0 Å². The van der Waals surface area contributed by atoms with Crippen molar-refractivity contribution in [2.75, 3.05) is 6.54 Å². The zero-order valence-electron chi connectivity index (χ0n) is 18.7. The average molecular weight is 449 g/mol. The first kappa shape index (κ1) is 22.1. The number of amides is 1. The number of hydrogen-bond acceptors (Lipinski definition) is 6. The maximum absolute atomic E-state index is 12.8. The number of carbonyl (C=O) groups excluding carboxylic acids is 1. The fraction of sp³-hybridized carbons (Fsp3) is 0.375. The first-order valence-electron chi connectivity index (χ1n) is 10.9. The number of aromatic nitrogens is 4. The van der Waals surface area contributed by atoms with Gasteiger partial charge in [0.1, 0.15) is 17.0 Å². The van der Waals surface area contributed by atoms with Crippen LogP contribution in [0.4, 0.5) is 0 Å². The lowest BCUT2D eigenvalue weighted by Crippen LogP contribution is -2.34. The molecule has 4 heterocycles. The highest BCUT2D eigenvalue weighted by molar-refractivity contribution is 7.11. The summed E-state index contributed by atoms with van der Waals surface area (Å²) in [7, 11) is 0. The minimum absolute atomic E-state index is 0.198. The molecule has 0 bridgehead atoms. The first-order valence-corrected chi connectivity index (χ1v) is 11.8. The van der Waals surface area contributed by atoms with E-state index in [4.69, 9.17) is 4.99 Å². The number of allylic oxidation sites excluding steroid dienone is 1. The van der Waals surface area contributed by atoms with Crippen LogP contribution in [0.3, 0.4) is 0 Å². The molecule has 0 aliphatic carbocycles. The third-order valence-electron chi connectivity index (χ3n) is 5.52. The van der Waals surface area contributed by atoms with Crippen LogP contribution < -0.4 is 10.8 Å². The van der Waals surface area contributed by atoms with Crippen molar-refractivity contribution in [3.05, 3.63) is 74.8 Å². The van der Waals surface area contributed by atoms with E-state index in [-0.39, 0.29) is 5.91 Å². The summed E-state index contributed by atoms with van der Waals surface area (Å²) in [6, 6.07) is 7.58. The fourth-order valence-corrected chi connectivity index (χ4v) is 4.55. The highest BCUT2D eigenvalue weighted by Gasteiger charge is 2.17. The van der Waals surface area contributed by atoms with Crippen molar-refractivity contribution >= 4 is 23.3 Å². The summed E-state index contributed by atoms with van der Waals surface area (Å²) in [6.45, 7) is 8.06. The molecule has 3 aromatic heterocycles. The molecule has 0 radical (unpaired) electrons. The molecule has 3 aromatic rings. The predicted molar refractivity (Wildman–Crippen MR) is 126 cm³/mol. The number of nitrogens with zero attached hydrogens (tertiary/aromatic N) is 5. The summed E-state index contributed by atoms with van der Waals surface area (Å²) in [4.78, 5) is 32.3. The highest BCUT2D eigenvalue weighted by Crippen LogP contribution is 2.19. The maximum Gasteiger partial charge on any atom is 0.270 e. The molecule has 1 atom stereocenters. The van der Waals surface area contributed by atoms with Gasteiger partial charge in [-0.15, -0.1) is 11.3 Å². The maximum atomic E-state index is 12.8. The number of aryl methyl sites for hydroxylation is 2. The molecule has 1 amide bonds. The smallest absolute Gasteiger partial charge is 0.270 e. The zero-order chi connectivity index (χ0) is 22.5. The van der Waals surface area contributed by atoms with E-state index < -0.39 is 0 Å². The highest BCUT2D eigenvalue weighted by atomic mass is 32.1. The van der Waals surface area contributed by atoms with Gasteiger partial charge in [-0.25, -0.2) is 9.97 Å². The second kappa shape index (κ2) is 9.99. The Kier molecular flexibility index (Phi) is 6.90. The Morgan fingerprint density at radius 2 is 2.19 bits per heavy atom. The Morgan fingerprint density at radius 1 is 1.31 bits per heavy atom. The number of thiazole rings is 1. The Bertz CT molecular complexity index is 1190. The summed E-state index contributed by atoms with van der Waals surface area (Å²) in [6.07, 6.45) is 7.65. The number of fused-ring (bicyclic) bond motifs is 1. The lowest BCUT2D eigenvalue weighted by atomic mass is 10.0. The number of nitrogens with one attached hydrogen (secondary N) is 1. The number of rotatable bonds is 7. The lowest BCUT2D eigenvalue weighted by molar-refractivity contribution is 0.0948. The molecule has 0 fully saturated rings. The zero-order valence-corrected chi connectivity index (χ0v) is 19.5. The van der Waals surface area contributed by atoms with Gasteiger partial charge >= 0.3 is 0 Å². The van der Waals surface area contributed by atoms with Crippen LogP contribution >= 0.6 is 11.3 Å².